The van der Waals surface area contributed by atoms with Gasteiger partial charge in [-0.05, 0) is 44.5 Å². The Balaban J connectivity index is 2.42. The molecule has 0 aliphatic carbocycles. The van der Waals surface area contributed by atoms with Crippen molar-refractivity contribution in [3.8, 4) is 5.75 Å². The Kier molecular flexibility index (Phi) is 3.95. The minimum atomic E-state index is -0.102. The van der Waals surface area contributed by atoms with E-state index in [1.165, 1.54) is 0 Å². The van der Waals surface area contributed by atoms with E-state index in [1.54, 1.807) is 12.3 Å². The summed E-state index contributed by atoms with van der Waals surface area (Å²) in [7, 11) is 0. The molecule has 1 heterocycles. The number of aryl methyl sites for hydroxylation is 1. The second kappa shape index (κ2) is 5.65. The quantitative estimate of drug-likeness (QED) is 0.786. The van der Waals surface area contributed by atoms with Gasteiger partial charge in [0.05, 0.1) is 11.7 Å². The van der Waals surface area contributed by atoms with Crippen molar-refractivity contribution in [2.75, 3.05) is 0 Å². The van der Waals surface area contributed by atoms with E-state index >= 15 is 0 Å². The Bertz CT molecular complexity index is 591. The average Bonchev–Trinajstić information content (AvgIpc) is 2.38. The lowest BCUT2D eigenvalue weighted by atomic mass is 10.0. The maximum absolute atomic E-state index is 12.5. The summed E-state index contributed by atoms with van der Waals surface area (Å²) in [5.74, 6) is 0.502. The van der Waals surface area contributed by atoms with E-state index in [9.17, 15) is 4.79 Å². The molecule has 0 saturated carbocycles. The zero-order valence-electron chi connectivity index (χ0n) is 11.4. The van der Waals surface area contributed by atoms with Gasteiger partial charge in [-0.15, -0.1) is 0 Å². The van der Waals surface area contributed by atoms with Crippen LogP contribution in [-0.2, 0) is 0 Å². The average molecular weight is 255 g/mol. The molecule has 0 spiro atoms. The summed E-state index contributed by atoms with van der Waals surface area (Å²) in [6, 6.07) is 11.0. The van der Waals surface area contributed by atoms with Gasteiger partial charge in [-0.3, -0.25) is 9.78 Å². The van der Waals surface area contributed by atoms with Crippen molar-refractivity contribution in [2.45, 2.75) is 26.9 Å². The van der Waals surface area contributed by atoms with Crippen LogP contribution in [0.15, 0.2) is 42.6 Å². The zero-order valence-corrected chi connectivity index (χ0v) is 11.4. The van der Waals surface area contributed by atoms with Crippen molar-refractivity contribution in [1.82, 2.24) is 4.98 Å². The minimum Gasteiger partial charge on any atom is -0.490 e. The molecule has 0 aliphatic heterocycles. The van der Waals surface area contributed by atoms with Crippen molar-refractivity contribution in [1.29, 1.82) is 0 Å². The Morgan fingerprint density at radius 3 is 2.58 bits per heavy atom. The molecule has 2 rings (SSSR count). The molecule has 0 radical (unpaired) electrons. The second-order valence-electron chi connectivity index (χ2n) is 4.66. The molecule has 0 atom stereocenters. The number of pyridine rings is 1. The van der Waals surface area contributed by atoms with Crippen LogP contribution in [0.3, 0.4) is 0 Å². The third-order valence-corrected chi connectivity index (χ3v) is 2.72. The van der Waals surface area contributed by atoms with Crippen LogP contribution in [0.4, 0.5) is 0 Å². The fraction of sp³-hybridized carbons (Fsp3) is 0.250. The van der Waals surface area contributed by atoms with Crippen molar-refractivity contribution in [3.63, 3.8) is 0 Å². The standard InChI is InChI=1S/C16H17NO2/c1-11(2)19-14-9-5-4-8-13(14)16(18)15-12(3)7-6-10-17-15/h4-11H,1-3H3. The molecule has 1 aromatic heterocycles. The second-order valence-corrected chi connectivity index (χ2v) is 4.66. The molecule has 0 unspecified atom stereocenters. The van der Waals surface area contributed by atoms with Crippen LogP contribution >= 0.6 is 0 Å². The number of para-hydroxylation sites is 1. The minimum absolute atomic E-state index is 0.0266. The van der Waals surface area contributed by atoms with Gasteiger partial charge in [0.1, 0.15) is 11.4 Å². The summed E-state index contributed by atoms with van der Waals surface area (Å²) in [6.07, 6.45) is 1.66. The fourth-order valence-electron chi connectivity index (χ4n) is 1.86. The molecule has 0 fully saturated rings. The maximum Gasteiger partial charge on any atom is 0.215 e. The van der Waals surface area contributed by atoms with E-state index < -0.39 is 0 Å². The fourth-order valence-corrected chi connectivity index (χ4v) is 1.86. The molecular formula is C16H17NO2. The van der Waals surface area contributed by atoms with Crippen molar-refractivity contribution in [2.24, 2.45) is 0 Å². The van der Waals surface area contributed by atoms with Gasteiger partial charge in [0.2, 0.25) is 5.78 Å². The Morgan fingerprint density at radius 2 is 1.89 bits per heavy atom. The number of rotatable bonds is 4. The van der Waals surface area contributed by atoms with Gasteiger partial charge in [0, 0.05) is 6.20 Å². The Labute approximate surface area is 113 Å². The van der Waals surface area contributed by atoms with E-state index in [1.807, 2.05) is 51.1 Å². The first kappa shape index (κ1) is 13.3. The highest BCUT2D eigenvalue weighted by molar-refractivity contribution is 6.10. The molecule has 19 heavy (non-hydrogen) atoms. The molecule has 1 aromatic carbocycles. The molecule has 0 N–H and O–H groups in total. The summed E-state index contributed by atoms with van der Waals surface area (Å²) >= 11 is 0. The lowest BCUT2D eigenvalue weighted by Gasteiger charge is -2.13. The third-order valence-electron chi connectivity index (χ3n) is 2.72. The predicted molar refractivity (Wildman–Crippen MR) is 74.6 cm³/mol. The summed E-state index contributed by atoms with van der Waals surface area (Å²) in [4.78, 5) is 16.7. The number of hydrogen-bond donors (Lipinski definition) is 0. The van der Waals surface area contributed by atoms with Crippen molar-refractivity contribution in [3.05, 3.63) is 59.4 Å². The van der Waals surface area contributed by atoms with Crippen LogP contribution in [0.1, 0.15) is 35.5 Å². The highest BCUT2D eigenvalue weighted by atomic mass is 16.5. The van der Waals surface area contributed by atoms with Gasteiger partial charge in [-0.2, -0.15) is 0 Å². The molecule has 0 amide bonds. The molecule has 0 saturated heterocycles. The highest BCUT2D eigenvalue weighted by Gasteiger charge is 2.17. The Morgan fingerprint density at radius 1 is 1.16 bits per heavy atom. The van der Waals surface area contributed by atoms with E-state index in [-0.39, 0.29) is 11.9 Å². The number of ether oxygens (including phenoxy) is 1. The number of benzene rings is 1. The first-order valence-corrected chi connectivity index (χ1v) is 6.31. The van der Waals surface area contributed by atoms with Gasteiger partial charge >= 0.3 is 0 Å². The van der Waals surface area contributed by atoms with Gasteiger partial charge in [-0.1, -0.05) is 18.2 Å². The number of nitrogens with zero attached hydrogens (tertiary/aromatic N) is 1. The lowest BCUT2D eigenvalue weighted by molar-refractivity contribution is 0.102. The maximum atomic E-state index is 12.5. The summed E-state index contributed by atoms with van der Waals surface area (Å²) in [5, 5.41) is 0. The van der Waals surface area contributed by atoms with Gasteiger partial charge in [0.15, 0.2) is 0 Å². The number of ketones is 1. The molecule has 3 nitrogen and oxygen atoms in total. The van der Waals surface area contributed by atoms with Gasteiger partial charge < -0.3 is 4.74 Å². The molecule has 0 bridgehead atoms. The lowest BCUT2D eigenvalue weighted by Crippen LogP contribution is -2.12. The van der Waals surface area contributed by atoms with Crippen LogP contribution < -0.4 is 4.74 Å². The van der Waals surface area contributed by atoms with E-state index in [4.69, 9.17) is 4.74 Å². The van der Waals surface area contributed by atoms with Crippen LogP contribution in [-0.4, -0.2) is 16.9 Å². The number of carbonyl (C=O) groups excluding carboxylic acids is 1. The highest BCUT2D eigenvalue weighted by Crippen LogP contribution is 2.23. The van der Waals surface area contributed by atoms with Crippen molar-refractivity contribution < 1.29 is 9.53 Å². The van der Waals surface area contributed by atoms with Crippen LogP contribution in [0.25, 0.3) is 0 Å². The van der Waals surface area contributed by atoms with Gasteiger partial charge in [0.25, 0.3) is 0 Å². The SMILES string of the molecule is Cc1cccnc1C(=O)c1ccccc1OC(C)C. The first-order chi connectivity index (χ1) is 9.09. The third kappa shape index (κ3) is 2.99. The van der Waals surface area contributed by atoms with Crippen LogP contribution in [0, 0.1) is 6.92 Å². The molecule has 98 valence electrons. The van der Waals surface area contributed by atoms with Crippen molar-refractivity contribution >= 4 is 5.78 Å². The monoisotopic (exact) mass is 255 g/mol. The zero-order chi connectivity index (χ0) is 13.8. The molecular weight excluding hydrogens is 238 g/mol. The van der Waals surface area contributed by atoms with Crippen LogP contribution in [0.5, 0.6) is 5.75 Å². The smallest absolute Gasteiger partial charge is 0.215 e. The van der Waals surface area contributed by atoms with E-state index in [0.29, 0.717) is 17.0 Å². The number of carbonyl (C=O) groups is 1. The molecule has 2 aromatic rings. The molecule has 0 aliphatic rings. The topological polar surface area (TPSA) is 39.2 Å². The number of aromatic nitrogens is 1. The van der Waals surface area contributed by atoms with E-state index in [2.05, 4.69) is 4.98 Å². The van der Waals surface area contributed by atoms with E-state index in [0.717, 1.165) is 5.56 Å². The molecule has 3 heteroatoms. The van der Waals surface area contributed by atoms with Crippen LogP contribution in [0.2, 0.25) is 0 Å². The normalized spacial score (nSPS) is 10.5. The Hall–Kier alpha value is -2.16. The largest absolute Gasteiger partial charge is 0.490 e. The first-order valence-electron chi connectivity index (χ1n) is 6.31. The summed E-state index contributed by atoms with van der Waals surface area (Å²) in [5.41, 5.74) is 1.90. The summed E-state index contributed by atoms with van der Waals surface area (Å²) in [6.45, 7) is 5.76. The predicted octanol–water partition coefficient (Wildman–Crippen LogP) is 3.41. The van der Waals surface area contributed by atoms with Gasteiger partial charge in [-0.25, -0.2) is 0 Å². The number of hydrogen-bond acceptors (Lipinski definition) is 3. The summed E-state index contributed by atoms with van der Waals surface area (Å²) < 4.78 is 5.68.